The fourth-order valence-electron chi connectivity index (χ4n) is 5.84. The van der Waals surface area contributed by atoms with Crippen LogP contribution in [0.3, 0.4) is 0 Å². The van der Waals surface area contributed by atoms with Crippen LogP contribution >= 0.6 is 11.3 Å². The molecule has 7 heteroatoms. The van der Waals surface area contributed by atoms with Gasteiger partial charge in [-0.15, -0.1) is 53.6 Å². The minimum Gasteiger partial charge on any atom is -0.366 e. The summed E-state index contributed by atoms with van der Waals surface area (Å²) in [5, 5.41) is 4.12. The molecule has 0 atom stereocenters. The number of nitrogens with zero attached hydrogens (tertiary/aromatic N) is 4. The van der Waals surface area contributed by atoms with E-state index in [4.69, 9.17) is 4.98 Å². The second-order valence-corrected chi connectivity index (χ2v) is 18.9. The number of aryl methyl sites for hydroxylation is 2. The summed E-state index contributed by atoms with van der Waals surface area (Å²) in [5.74, 6) is 1.61. The Labute approximate surface area is 285 Å². The number of hydrogen-bond acceptors (Lipinski definition) is 4. The van der Waals surface area contributed by atoms with Gasteiger partial charge in [-0.1, -0.05) is 81.2 Å². The molecule has 7 aromatic rings. The van der Waals surface area contributed by atoms with Crippen molar-refractivity contribution in [3.63, 3.8) is 0 Å². The molecular weight excluding hydrogens is 765 g/mol. The van der Waals surface area contributed by atoms with Crippen LogP contribution in [0.5, 0.6) is 0 Å². The van der Waals surface area contributed by atoms with Gasteiger partial charge in [-0.3, -0.25) is 9.97 Å². The zero-order valence-electron chi connectivity index (χ0n) is 26.9. The summed E-state index contributed by atoms with van der Waals surface area (Å²) in [6.07, 6.45) is 6.89. The Morgan fingerprint density at radius 3 is 2.47 bits per heavy atom. The predicted molar refractivity (Wildman–Crippen MR) is 190 cm³/mol. The Kier molecular flexibility index (Phi) is 9.85. The quantitative estimate of drug-likeness (QED) is 0.129. The largest absolute Gasteiger partial charge is 0.366 e. The van der Waals surface area contributed by atoms with Crippen molar-refractivity contribution in [2.24, 2.45) is 13.0 Å². The maximum Gasteiger partial charge on any atom is 0.0801 e. The van der Waals surface area contributed by atoms with E-state index in [0.29, 0.717) is 5.92 Å². The summed E-state index contributed by atoms with van der Waals surface area (Å²) in [5.41, 5.74) is 7.92. The normalized spacial score (nSPS) is 11.6. The van der Waals surface area contributed by atoms with Crippen molar-refractivity contribution in [1.29, 1.82) is 0 Å². The fourth-order valence-corrected chi connectivity index (χ4v) is 8.70. The van der Waals surface area contributed by atoms with Gasteiger partial charge < -0.3 is 9.55 Å². The average molecular weight is 803 g/mol. The van der Waals surface area contributed by atoms with Crippen molar-refractivity contribution in [2.75, 3.05) is 0 Å². The molecule has 0 aliphatic heterocycles. The number of hydrogen-bond donors (Lipinski definition) is 0. The topological polar surface area (TPSA) is 43.6 Å². The van der Waals surface area contributed by atoms with Gasteiger partial charge >= 0.3 is 0 Å². The van der Waals surface area contributed by atoms with Gasteiger partial charge in [0, 0.05) is 44.2 Å². The molecule has 45 heavy (non-hydrogen) atoms. The first-order valence-electron chi connectivity index (χ1n) is 15.2. The van der Waals surface area contributed by atoms with Crippen molar-refractivity contribution in [2.45, 2.75) is 46.8 Å². The molecule has 0 N–H and O–H groups in total. The molecule has 1 radical (unpaired) electrons. The van der Waals surface area contributed by atoms with Gasteiger partial charge in [0.25, 0.3) is 0 Å². The van der Waals surface area contributed by atoms with E-state index in [1.54, 1.807) is 6.20 Å². The third-order valence-corrected chi connectivity index (χ3v) is 11.2. The molecule has 0 unspecified atom stereocenters. The van der Waals surface area contributed by atoms with Crippen molar-refractivity contribution < 1.29 is 20.1 Å². The van der Waals surface area contributed by atoms with Crippen LogP contribution < -0.4 is 5.19 Å². The van der Waals surface area contributed by atoms with E-state index in [1.807, 2.05) is 48.8 Å². The number of benzene rings is 3. The number of rotatable bonds is 5. The van der Waals surface area contributed by atoms with Crippen LogP contribution in [0, 0.1) is 25.0 Å². The van der Waals surface area contributed by atoms with Gasteiger partial charge in [0.2, 0.25) is 0 Å². The molecule has 0 saturated heterocycles. The number of aromatic nitrogens is 4. The smallest absolute Gasteiger partial charge is 0.0801 e. The number of imidazole rings is 1. The Morgan fingerprint density at radius 1 is 0.978 bits per heavy atom. The maximum atomic E-state index is 4.83. The van der Waals surface area contributed by atoms with Crippen molar-refractivity contribution in [3.05, 3.63) is 109 Å². The molecule has 0 aliphatic rings. The second-order valence-electron chi connectivity index (χ2n) is 12.9. The van der Waals surface area contributed by atoms with E-state index in [2.05, 4.69) is 116 Å². The third kappa shape index (κ3) is 6.73. The van der Waals surface area contributed by atoms with E-state index in [0.717, 1.165) is 40.1 Å². The number of thiophene rings is 1. The van der Waals surface area contributed by atoms with Crippen LogP contribution in [-0.2, 0) is 33.6 Å². The molecule has 4 nitrogen and oxygen atoms in total. The summed E-state index contributed by atoms with van der Waals surface area (Å²) in [4.78, 5) is 13.7. The zero-order chi connectivity index (χ0) is 31.0. The number of pyridine rings is 2. The van der Waals surface area contributed by atoms with Crippen LogP contribution in [0.4, 0.5) is 0 Å². The molecule has 0 aliphatic carbocycles. The van der Waals surface area contributed by atoms with Gasteiger partial charge in [0.1, 0.15) is 0 Å². The minimum atomic E-state index is -1.34. The van der Waals surface area contributed by atoms with E-state index in [9.17, 15) is 0 Å². The molecule has 4 aromatic heterocycles. The van der Waals surface area contributed by atoms with Gasteiger partial charge in [-0.25, -0.2) is 0 Å². The number of fused-ring (bicyclic) bond motifs is 4. The van der Waals surface area contributed by atoms with E-state index < -0.39 is 8.07 Å². The van der Waals surface area contributed by atoms with Crippen LogP contribution in [0.1, 0.15) is 25.0 Å². The van der Waals surface area contributed by atoms with Crippen LogP contribution in [0.2, 0.25) is 19.6 Å². The van der Waals surface area contributed by atoms with Gasteiger partial charge in [-0.05, 0) is 45.4 Å². The van der Waals surface area contributed by atoms with Crippen molar-refractivity contribution >= 4 is 55.8 Å². The van der Waals surface area contributed by atoms with E-state index in [-0.39, 0.29) is 20.1 Å². The fraction of sp³-hybridized carbons (Fsp3) is 0.237. The summed E-state index contributed by atoms with van der Waals surface area (Å²) < 4.78 is 4.66. The molecule has 0 bridgehead atoms. The van der Waals surface area contributed by atoms with Crippen molar-refractivity contribution in [3.8, 4) is 22.6 Å². The molecule has 231 valence electrons. The Balaban J connectivity index is 0.000000177. The van der Waals surface area contributed by atoms with Crippen LogP contribution in [0.25, 0.3) is 53.9 Å². The zero-order valence-corrected chi connectivity index (χ0v) is 31.1. The summed E-state index contributed by atoms with van der Waals surface area (Å²) >= 11 is 1.82. The first kappa shape index (κ1) is 32.9. The van der Waals surface area contributed by atoms with Gasteiger partial charge in [-0.2, -0.15) is 11.3 Å². The Morgan fingerprint density at radius 2 is 1.76 bits per heavy atom. The SMILES string of the molecule is CC(C)Cc1cc(-c2[c-]cccc2)ncc1[Si](C)(C)C.Cc1c[c-]c(-c2nc3ccncc3n2C)c2sc3ccccc3c12.[Ir]. The molecule has 4 heterocycles. The summed E-state index contributed by atoms with van der Waals surface area (Å²) in [6, 6.07) is 29.7. The minimum absolute atomic E-state index is 0. The monoisotopic (exact) mass is 803 g/mol. The first-order valence-corrected chi connectivity index (χ1v) is 19.5. The Hall–Kier alpha value is -3.48. The van der Waals surface area contributed by atoms with Gasteiger partial charge in [0.15, 0.2) is 0 Å². The molecule has 3 aromatic carbocycles. The molecule has 0 saturated carbocycles. The Bertz CT molecular complexity index is 2090. The van der Waals surface area contributed by atoms with Crippen LogP contribution in [-0.4, -0.2) is 27.6 Å². The molecule has 0 spiro atoms. The van der Waals surface area contributed by atoms with Crippen molar-refractivity contribution in [1.82, 2.24) is 19.5 Å². The molecular formula is C38H38IrN4SSi-2. The molecule has 0 fully saturated rings. The van der Waals surface area contributed by atoms with Gasteiger partial charge in [0.05, 0.1) is 31.1 Å². The van der Waals surface area contributed by atoms with E-state index in [1.165, 1.54) is 36.5 Å². The predicted octanol–water partition coefficient (Wildman–Crippen LogP) is 9.40. The maximum absolute atomic E-state index is 4.83. The van der Waals surface area contributed by atoms with E-state index >= 15 is 0 Å². The third-order valence-electron chi connectivity index (χ3n) is 7.97. The summed E-state index contributed by atoms with van der Waals surface area (Å²) in [7, 11) is 0.700. The standard InChI is InChI=1S/C20H14N3S.C18H24NSi.Ir/c1-12-7-8-14(19-18(12)13-5-3-4-6-17(13)24-19)20-22-15-9-10-21-11-16(15)23(20)2;1-14(2)11-16-12-17(15-9-7-6-8-10-15)19-13-18(16)20(3,4)5;/h3-7,9-11H,1-2H3;6-9,12-14H,11H2,1-5H3;/q2*-1;. The second kappa shape index (κ2) is 13.5. The first-order chi connectivity index (χ1) is 21.1. The summed E-state index contributed by atoms with van der Waals surface area (Å²) in [6.45, 7) is 13.9. The molecule has 0 amide bonds. The molecule has 7 rings (SSSR count). The average Bonchev–Trinajstić information content (AvgIpc) is 3.56. The van der Waals surface area contributed by atoms with Crippen LogP contribution in [0.15, 0.2) is 85.3 Å².